The standard InChI is InChI=1S/C30H36FN5O3/c31-25-10-6-9-24(18-25)20-36(21-28(37)38)29(39)26-19-33-30(34-27(26)11-4-5-14-32)35-15-12-23(13-16-35)17-22-7-2-1-3-8-22/h1-3,6-10,18-19,23H,4-5,11-17,20-21,32H2,(H,37,38). The Balaban J connectivity index is 1.51. The molecule has 0 bridgehead atoms. The van der Waals surface area contributed by atoms with E-state index in [0.29, 0.717) is 36.1 Å². The number of anilines is 1. The van der Waals surface area contributed by atoms with E-state index < -0.39 is 24.2 Å². The van der Waals surface area contributed by atoms with E-state index >= 15 is 0 Å². The van der Waals surface area contributed by atoms with Crippen LogP contribution in [0, 0.1) is 11.7 Å². The van der Waals surface area contributed by atoms with Gasteiger partial charge in [-0.25, -0.2) is 14.4 Å². The Morgan fingerprint density at radius 1 is 1.05 bits per heavy atom. The second-order valence-corrected chi connectivity index (χ2v) is 10.1. The minimum absolute atomic E-state index is 0.0399. The summed E-state index contributed by atoms with van der Waals surface area (Å²) < 4.78 is 13.7. The van der Waals surface area contributed by atoms with E-state index in [1.165, 1.54) is 34.9 Å². The zero-order valence-corrected chi connectivity index (χ0v) is 22.1. The third-order valence-corrected chi connectivity index (χ3v) is 7.09. The zero-order chi connectivity index (χ0) is 27.6. The summed E-state index contributed by atoms with van der Waals surface area (Å²) in [7, 11) is 0. The highest BCUT2D eigenvalue weighted by Gasteiger charge is 2.26. The lowest BCUT2D eigenvalue weighted by Crippen LogP contribution is -2.37. The predicted octanol–water partition coefficient (Wildman–Crippen LogP) is 4.08. The Morgan fingerprint density at radius 2 is 1.79 bits per heavy atom. The lowest BCUT2D eigenvalue weighted by molar-refractivity contribution is -0.137. The van der Waals surface area contributed by atoms with Crippen LogP contribution in [0.2, 0.25) is 0 Å². The first-order valence-electron chi connectivity index (χ1n) is 13.5. The van der Waals surface area contributed by atoms with E-state index in [2.05, 4.69) is 34.1 Å². The summed E-state index contributed by atoms with van der Waals surface area (Å²) in [6, 6.07) is 16.3. The number of unbranched alkanes of at least 4 members (excludes halogenated alkanes) is 1. The van der Waals surface area contributed by atoms with Gasteiger partial charge in [-0.3, -0.25) is 9.59 Å². The van der Waals surface area contributed by atoms with Gasteiger partial charge < -0.3 is 20.6 Å². The molecule has 4 rings (SSSR count). The van der Waals surface area contributed by atoms with E-state index in [-0.39, 0.29) is 12.1 Å². The molecule has 3 N–H and O–H groups in total. The molecule has 8 nitrogen and oxygen atoms in total. The van der Waals surface area contributed by atoms with Crippen LogP contribution in [-0.4, -0.2) is 58.0 Å². The largest absolute Gasteiger partial charge is 0.480 e. The number of carbonyl (C=O) groups is 2. The Labute approximate surface area is 228 Å². The van der Waals surface area contributed by atoms with E-state index in [1.54, 1.807) is 6.07 Å². The van der Waals surface area contributed by atoms with E-state index in [1.807, 2.05) is 6.07 Å². The number of piperidine rings is 1. The molecule has 39 heavy (non-hydrogen) atoms. The maximum absolute atomic E-state index is 13.7. The Hall–Kier alpha value is -3.85. The van der Waals surface area contributed by atoms with E-state index in [0.717, 1.165) is 45.2 Å². The number of nitrogens with zero attached hydrogens (tertiary/aromatic N) is 4. The summed E-state index contributed by atoms with van der Waals surface area (Å²) in [5.74, 6) is -0.904. The highest BCUT2D eigenvalue weighted by Crippen LogP contribution is 2.25. The number of amides is 1. The Kier molecular flexibility index (Phi) is 9.97. The van der Waals surface area contributed by atoms with Crippen molar-refractivity contribution in [2.75, 3.05) is 31.1 Å². The molecule has 0 spiro atoms. The highest BCUT2D eigenvalue weighted by atomic mass is 19.1. The fourth-order valence-electron chi connectivity index (χ4n) is 5.04. The topological polar surface area (TPSA) is 113 Å². The van der Waals surface area contributed by atoms with Gasteiger partial charge >= 0.3 is 5.97 Å². The van der Waals surface area contributed by atoms with Crippen LogP contribution < -0.4 is 10.6 Å². The molecule has 0 unspecified atom stereocenters. The van der Waals surface area contributed by atoms with Gasteiger partial charge in [0.1, 0.15) is 12.4 Å². The number of carboxylic acid groups (broad SMARTS) is 1. The molecule has 1 aliphatic heterocycles. The molecule has 3 aromatic rings. The smallest absolute Gasteiger partial charge is 0.323 e. The quantitative estimate of drug-likeness (QED) is 0.337. The highest BCUT2D eigenvalue weighted by molar-refractivity contribution is 5.96. The molecule has 1 saturated heterocycles. The first-order valence-corrected chi connectivity index (χ1v) is 13.5. The second kappa shape index (κ2) is 13.8. The van der Waals surface area contributed by atoms with Crippen LogP contribution >= 0.6 is 0 Å². The van der Waals surface area contributed by atoms with Gasteiger partial charge in [-0.05, 0) is 74.2 Å². The molecular formula is C30H36FN5O3. The van der Waals surface area contributed by atoms with Gasteiger partial charge in [0.05, 0.1) is 11.3 Å². The van der Waals surface area contributed by atoms with Gasteiger partial charge in [0, 0.05) is 25.8 Å². The third-order valence-electron chi connectivity index (χ3n) is 7.09. The van der Waals surface area contributed by atoms with Crippen molar-refractivity contribution >= 4 is 17.8 Å². The number of hydrogen-bond donors (Lipinski definition) is 2. The minimum Gasteiger partial charge on any atom is -0.480 e. The van der Waals surface area contributed by atoms with Crippen LogP contribution in [-0.2, 0) is 24.2 Å². The van der Waals surface area contributed by atoms with Gasteiger partial charge in [-0.15, -0.1) is 0 Å². The molecule has 2 heterocycles. The van der Waals surface area contributed by atoms with Crippen LogP contribution in [0.5, 0.6) is 0 Å². The number of aliphatic carboxylic acids is 1. The molecule has 2 aromatic carbocycles. The van der Waals surface area contributed by atoms with Crippen molar-refractivity contribution in [2.24, 2.45) is 11.7 Å². The number of carboxylic acids is 1. The average molecular weight is 534 g/mol. The van der Waals surface area contributed by atoms with Crippen LogP contribution in [0.15, 0.2) is 60.8 Å². The first-order chi connectivity index (χ1) is 18.9. The zero-order valence-electron chi connectivity index (χ0n) is 22.1. The second-order valence-electron chi connectivity index (χ2n) is 10.1. The normalized spacial score (nSPS) is 13.8. The van der Waals surface area contributed by atoms with Gasteiger partial charge in [0.2, 0.25) is 5.95 Å². The molecule has 1 amide bonds. The number of aryl methyl sites for hydroxylation is 1. The van der Waals surface area contributed by atoms with Crippen molar-refractivity contribution in [3.63, 3.8) is 0 Å². The summed E-state index contributed by atoms with van der Waals surface area (Å²) >= 11 is 0. The van der Waals surface area contributed by atoms with Crippen molar-refractivity contribution in [2.45, 2.75) is 45.1 Å². The van der Waals surface area contributed by atoms with Crippen molar-refractivity contribution in [3.8, 4) is 0 Å². The summed E-state index contributed by atoms with van der Waals surface area (Å²) in [6.07, 6.45) is 6.67. The molecule has 1 fully saturated rings. The number of benzene rings is 2. The summed E-state index contributed by atoms with van der Waals surface area (Å²) in [6.45, 7) is 1.63. The summed E-state index contributed by atoms with van der Waals surface area (Å²) in [5, 5.41) is 9.46. The molecule has 0 saturated carbocycles. The number of carbonyl (C=O) groups excluding carboxylic acids is 1. The molecular weight excluding hydrogens is 497 g/mol. The molecule has 0 radical (unpaired) electrons. The number of rotatable bonds is 12. The molecule has 206 valence electrons. The fraction of sp³-hybridized carbons (Fsp3) is 0.400. The number of nitrogens with two attached hydrogens (primary N) is 1. The Bertz CT molecular complexity index is 1250. The number of halogens is 1. The van der Waals surface area contributed by atoms with Crippen molar-refractivity contribution in [3.05, 3.63) is 89.0 Å². The summed E-state index contributed by atoms with van der Waals surface area (Å²) in [4.78, 5) is 37.8. The molecule has 0 atom stereocenters. The predicted molar refractivity (Wildman–Crippen MR) is 148 cm³/mol. The van der Waals surface area contributed by atoms with Crippen LogP contribution in [0.25, 0.3) is 0 Å². The SMILES string of the molecule is NCCCCc1nc(N2CCC(Cc3ccccc3)CC2)ncc1C(=O)N(CC(=O)O)Cc1cccc(F)c1. The minimum atomic E-state index is -1.15. The summed E-state index contributed by atoms with van der Waals surface area (Å²) in [5.41, 5.74) is 8.40. The lowest BCUT2D eigenvalue weighted by Gasteiger charge is -2.32. The molecule has 1 aromatic heterocycles. The van der Waals surface area contributed by atoms with Crippen LogP contribution in [0.1, 0.15) is 52.9 Å². The van der Waals surface area contributed by atoms with Gasteiger partial charge in [-0.2, -0.15) is 0 Å². The maximum atomic E-state index is 13.7. The molecule has 1 aliphatic rings. The average Bonchev–Trinajstić information content (AvgIpc) is 2.93. The van der Waals surface area contributed by atoms with E-state index in [4.69, 9.17) is 10.7 Å². The number of aromatic nitrogens is 2. The van der Waals surface area contributed by atoms with Crippen molar-refractivity contribution in [1.82, 2.24) is 14.9 Å². The van der Waals surface area contributed by atoms with Gasteiger partial charge in [0.15, 0.2) is 0 Å². The molecule has 9 heteroatoms. The monoisotopic (exact) mass is 533 g/mol. The van der Waals surface area contributed by atoms with Crippen LogP contribution in [0.4, 0.5) is 10.3 Å². The van der Waals surface area contributed by atoms with E-state index in [9.17, 15) is 19.1 Å². The third kappa shape index (κ3) is 8.07. The lowest BCUT2D eigenvalue weighted by atomic mass is 9.90. The Morgan fingerprint density at radius 3 is 2.49 bits per heavy atom. The first kappa shape index (κ1) is 28.2. The molecule has 0 aliphatic carbocycles. The van der Waals surface area contributed by atoms with Gasteiger partial charge in [-0.1, -0.05) is 42.5 Å². The van der Waals surface area contributed by atoms with Crippen molar-refractivity contribution in [1.29, 1.82) is 0 Å². The number of hydrogen-bond acceptors (Lipinski definition) is 6. The fourth-order valence-corrected chi connectivity index (χ4v) is 5.04. The van der Waals surface area contributed by atoms with Gasteiger partial charge in [0.25, 0.3) is 5.91 Å². The van der Waals surface area contributed by atoms with Crippen LogP contribution in [0.3, 0.4) is 0 Å². The maximum Gasteiger partial charge on any atom is 0.323 e. The van der Waals surface area contributed by atoms with Crippen molar-refractivity contribution < 1.29 is 19.1 Å².